The average molecular weight is 506 g/mol. The third kappa shape index (κ3) is 4.28. The van der Waals surface area contributed by atoms with E-state index in [2.05, 4.69) is 30.5 Å². The van der Waals surface area contributed by atoms with Crippen LogP contribution in [0.1, 0.15) is 19.4 Å². The van der Waals surface area contributed by atoms with E-state index in [1.807, 2.05) is 57.2 Å². The van der Waals surface area contributed by atoms with Gasteiger partial charge in [-0.25, -0.2) is 14.4 Å². The summed E-state index contributed by atoms with van der Waals surface area (Å²) in [6.07, 6.45) is 5.02. The molecule has 8 nitrogen and oxygen atoms in total. The maximum atomic E-state index is 14.1. The molecule has 0 saturated heterocycles. The summed E-state index contributed by atoms with van der Waals surface area (Å²) in [4.78, 5) is 29.1. The third-order valence-corrected chi connectivity index (χ3v) is 6.37. The molecule has 38 heavy (non-hydrogen) atoms. The Kier molecular flexibility index (Phi) is 5.68. The van der Waals surface area contributed by atoms with Crippen LogP contribution in [0.4, 0.5) is 10.1 Å². The predicted octanol–water partition coefficient (Wildman–Crippen LogP) is 6.27. The van der Waals surface area contributed by atoms with Gasteiger partial charge in [0, 0.05) is 29.3 Å². The fraction of sp³-hybridized carbons (Fsp3) is 0.138. The maximum Gasteiger partial charge on any atom is 0.226 e. The van der Waals surface area contributed by atoms with Crippen LogP contribution < -0.4 is 5.32 Å². The molecule has 0 aliphatic heterocycles. The lowest BCUT2D eigenvalue weighted by atomic mass is 10.0. The number of benzene rings is 1. The second-order valence-corrected chi connectivity index (χ2v) is 9.59. The fourth-order valence-electron chi connectivity index (χ4n) is 4.48. The van der Waals surface area contributed by atoms with Crippen molar-refractivity contribution >= 4 is 33.7 Å². The Bertz CT molecular complexity index is 1820. The number of hydrogen-bond acceptors (Lipinski definition) is 5. The molecule has 5 heterocycles. The van der Waals surface area contributed by atoms with Gasteiger partial charge in [0.25, 0.3) is 0 Å². The van der Waals surface area contributed by atoms with Crippen LogP contribution in [0.25, 0.3) is 55.8 Å². The summed E-state index contributed by atoms with van der Waals surface area (Å²) in [7, 11) is 0. The normalized spacial score (nSPS) is 11.5. The number of halogens is 1. The second-order valence-electron chi connectivity index (χ2n) is 9.59. The first-order valence-corrected chi connectivity index (χ1v) is 12.2. The molecule has 0 spiro atoms. The lowest BCUT2D eigenvalue weighted by molar-refractivity contribution is -0.118. The van der Waals surface area contributed by atoms with Crippen LogP contribution in [0, 0.1) is 18.7 Å². The molecule has 188 valence electrons. The first-order valence-electron chi connectivity index (χ1n) is 12.2. The molecular formula is C29H24FN7O. The van der Waals surface area contributed by atoms with Crippen LogP contribution in [0.3, 0.4) is 0 Å². The second kappa shape index (κ2) is 9.19. The Morgan fingerprint density at radius 1 is 1.03 bits per heavy atom. The van der Waals surface area contributed by atoms with E-state index in [1.54, 1.807) is 18.6 Å². The van der Waals surface area contributed by atoms with Crippen molar-refractivity contribution in [2.24, 2.45) is 5.92 Å². The van der Waals surface area contributed by atoms with E-state index in [0.29, 0.717) is 28.2 Å². The van der Waals surface area contributed by atoms with Gasteiger partial charge in [0.15, 0.2) is 0 Å². The number of aromatic amines is 2. The van der Waals surface area contributed by atoms with E-state index in [9.17, 15) is 9.18 Å². The summed E-state index contributed by atoms with van der Waals surface area (Å²) >= 11 is 0. The lowest BCUT2D eigenvalue weighted by Crippen LogP contribution is -2.17. The molecule has 0 atom stereocenters. The molecule has 0 fully saturated rings. The first kappa shape index (κ1) is 23.5. The summed E-state index contributed by atoms with van der Waals surface area (Å²) in [5, 5.41) is 11.3. The van der Waals surface area contributed by atoms with Crippen molar-refractivity contribution in [3.63, 3.8) is 0 Å². The highest BCUT2D eigenvalue weighted by atomic mass is 19.1. The standard InChI is InChI=1S/C29H24FN7O/c1-15(2)29(38)33-20-11-18(13-31-14-20)23-4-5-24-26(34-23)27(37-36-24)25-12-22-21(6-7-32-28(22)35-25)17-8-16(3)9-19(30)10-17/h4-15H,1-3H3,(H,32,35)(H,33,38)(H,36,37). The molecule has 0 aliphatic rings. The SMILES string of the molecule is Cc1cc(F)cc(-c2ccnc3[nH]c(-c4n[nH]c5ccc(-c6cncc(NC(=O)C(C)C)c6)nc45)cc23)c1. The van der Waals surface area contributed by atoms with Crippen molar-refractivity contribution in [3.05, 3.63) is 78.5 Å². The van der Waals surface area contributed by atoms with Crippen LogP contribution >= 0.6 is 0 Å². The zero-order valence-electron chi connectivity index (χ0n) is 21.0. The van der Waals surface area contributed by atoms with Gasteiger partial charge in [-0.2, -0.15) is 5.10 Å². The van der Waals surface area contributed by atoms with E-state index in [4.69, 9.17) is 4.98 Å². The maximum absolute atomic E-state index is 14.1. The molecular weight excluding hydrogens is 481 g/mol. The zero-order valence-corrected chi connectivity index (χ0v) is 21.0. The number of aryl methyl sites for hydroxylation is 1. The molecule has 0 aliphatic carbocycles. The molecule has 0 saturated carbocycles. The third-order valence-electron chi connectivity index (χ3n) is 6.37. The van der Waals surface area contributed by atoms with Crippen molar-refractivity contribution in [2.45, 2.75) is 20.8 Å². The predicted molar refractivity (Wildman–Crippen MR) is 146 cm³/mol. The van der Waals surface area contributed by atoms with Crippen molar-refractivity contribution < 1.29 is 9.18 Å². The number of H-pyrrole nitrogens is 2. The van der Waals surface area contributed by atoms with E-state index in [0.717, 1.165) is 38.9 Å². The minimum absolute atomic E-state index is 0.0790. The van der Waals surface area contributed by atoms with Gasteiger partial charge in [-0.05, 0) is 66.1 Å². The molecule has 0 bridgehead atoms. The van der Waals surface area contributed by atoms with Crippen molar-refractivity contribution in [3.8, 4) is 33.8 Å². The Labute approximate surface area is 217 Å². The largest absolute Gasteiger partial charge is 0.338 e. The smallest absolute Gasteiger partial charge is 0.226 e. The number of carbonyl (C=O) groups is 1. The van der Waals surface area contributed by atoms with E-state index >= 15 is 0 Å². The number of pyridine rings is 3. The quantitative estimate of drug-likeness (QED) is 0.256. The van der Waals surface area contributed by atoms with Crippen LogP contribution in [0.5, 0.6) is 0 Å². The van der Waals surface area contributed by atoms with Gasteiger partial charge >= 0.3 is 0 Å². The Morgan fingerprint density at radius 3 is 2.71 bits per heavy atom. The first-order chi connectivity index (χ1) is 18.4. The molecule has 0 unspecified atom stereocenters. The number of hydrogen-bond donors (Lipinski definition) is 3. The van der Waals surface area contributed by atoms with Gasteiger partial charge in [0.2, 0.25) is 5.91 Å². The van der Waals surface area contributed by atoms with Crippen LogP contribution in [0.15, 0.2) is 67.1 Å². The highest BCUT2D eigenvalue weighted by Crippen LogP contribution is 2.34. The molecule has 6 aromatic rings. The number of carbonyl (C=O) groups excluding carboxylic acids is 1. The zero-order chi connectivity index (χ0) is 26.4. The summed E-state index contributed by atoms with van der Waals surface area (Å²) in [5.74, 6) is -0.499. The van der Waals surface area contributed by atoms with E-state index in [1.165, 1.54) is 12.1 Å². The number of nitrogens with one attached hydrogen (secondary N) is 3. The fourth-order valence-corrected chi connectivity index (χ4v) is 4.48. The molecule has 6 rings (SSSR count). The average Bonchev–Trinajstić information content (AvgIpc) is 3.51. The molecule has 9 heteroatoms. The van der Waals surface area contributed by atoms with Crippen LogP contribution in [0.2, 0.25) is 0 Å². The molecule has 1 aromatic carbocycles. The molecule has 3 N–H and O–H groups in total. The summed E-state index contributed by atoms with van der Waals surface area (Å²) < 4.78 is 14.1. The molecule has 1 amide bonds. The van der Waals surface area contributed by atoms with Gasteiger partial charge in [0.05, 0.1) is 28.8 Å². The van der Waals surface area contributed by atoms with Crippen molar-refractivity contribution in [1.29, 1.82) is 0 Å². The molecule has 5 aromatic heterocycles. The molecule has 0 radical (unpaired) electrons. The summed E-state index contributed by atoms with van der Waals surface area (Å²) in [6, 6.07) is 14.5. The summed E-state index contributed by atoms with van der Waals surface area (Å²) in [5.41, 5.74) is 8.06. The van der Waals surface area contributed by atoms with Gasteiger partial charge in [-0.3, -0.25) is 14.9 Å². The van der Waals surface area contributed by atoms with E-state index < -0.39 is 0 Å². The van der Waals surface area contributed by atoms with Gasteiger partial charge in [-0.1, -0.05) is 19.9 Å². The van der Waals surface area contributed by atoms with Gasteiger partial charge in [0.1, 0.15) is 22.7 Å². The minimum Gasteiger partial charge on any atom is -0.338 e. The topological polar surface area (TPSA) is 112 Å². The van der Waals surface area contributed by atoms with Gasteiger partial charge in [-0.15, -0.1) is 0 Å². The van der Waals surface area contributed by atoms with Crippen LogP contribution in [-0.4, -0.2) is 36.0 Å². The number of amides is 1. The number of anilines is 1. The Morgan fingerprint density at radius 2 is 1.89 bits per heavy atom. The highest BCUT2D eigenvalue weighted by molar-refractivity contribution is 5.99. The highest BCUT2D eigenvalue weighted by Gasteiger charge is 2.17. The van der Waals surface area contributed by atoms with Gasteiger partial charge < -0.3 is 10.3 Å². The van der Waals surface area contributed by atoms with E-state index in [-0.39, 0.29) is 17.6 Å². The van der Waals surface area contributed by atoms with Crippen molar-refractivity contribution in [2.75, 3.05) is 5.32 Å². The van der Waals surface area contributed by atoms with Crippen molar-refractivity contribution in [1.82, 2.24) is 30.1 Å². The number of fused-ring (bicyclic) bond motifs is 2. The number of aromatic nitrogens is 6. The number of rotatable bonds is 5. The Hall–Kier alpha value is -4.92. The monoisotopic (exact) mass is 505 g/mol. The summed E-state index contributed by atoms with van der Waals surface area (Å²) in [6.45, 7) is 5.55. The Balaban J connectivity index is 1.42. The minimum atomic E-state index is -0.280. The number of nitrogens with zero attached hydrogens (tertiary/aromatic N) is 4. The lowest BCUT2D eigenvalue weighted by Gasteiger charge is -2.08. The van der Waals surface area contributed by atoms with Crippen LogP contribution in [-0.2, 0) is 4.79 Å².